The molecule has 6 fully saturated rings. The van der Waals surface area contributed by atoms with Crippen LogP contribution in [-0.4, -0.2) is 40.8 Å². The molecule has 0 aromatic carbocycles. The van der Waals surface area contributed by atoms with Crippen molar-refractivity contribution in [3.8, 4) is 0 Å². The van der Waals surface area contributed by atoms with E-state index in [1.165, 1.54) is 5.57 Å². The predicted octanol–water partition coefficient (Wildman–Crippen LogP) is 7.56. The molecule has 6 saturated carbocycles. The Morgan fingerprint density at radius 3 is 2.18 bits per heavy atom. The van der Waals surface area contributed by atoms with Crippen molar-refractivity contribution in [3.63, 3.8) is 0 Å². The zero-order valence-electron chi connectivity index (χ0n) is 28.8. The maximum absolute atomic E-state index is 14.7. The number of ketones is 1. The minimum Gasteiger partial charge on any atom is -0.353 e. The van der Waals surface area contributed by atoms with Crippen LogP contribution in [0.3, 0.4) is 0 Å². The topological polar surface area (TPSA) is 75.7 Å². The number of nitrogens with one attached hydrogen (secondary N) is 1. The van der Waals surface area contributed by atoms with Crippen LogP contribution in [0.5, 0.6) is 0 Å². The minimum absolute atomic E-state index is 0.0154. The standard InChI is InChI=1S/C38H58N2O4/c1-23(41)39-30-14-15-36(6)29(33(30,2)3)13-16-38(8)31(36)28(42)21-26-27-22-35(5,18-17-34(27,4)19-20-37(26,38)7)32(43)40(24-9-10-24)44-25-11-12-25/h21,24-25,27,29-31H,9-20,22H2,1-8H3,(H,39,41)/t27-,29?,30-,31+,34+,35-,36-,37+,38+/m0/s1. The summed E-state index contributed by atoms with van der Waals surface area (Å²) < 4.78 is 0. The van der Waals surface area contributed by atoms with Crippen LogP contribution in [0.1, 0.15) is 139 Å². The van der Waals surface area contributed by atoms with Crippen LogP contribution in [0.15, 0.2) is 11.6 Å². The highest BCUT2D eigenvalue weighted by Gasteiger charge is 2.70. The van der Waals surface area contributed by atoms with E-state index < -0.39 is 5.41 Å². The summed E-state index contributed by atoms with van der Waals surface area (Å²) in [5.74, 6) is 1.18. The molecule has 7 aliphatic rings. The van der Waals surface area contributed by atoms with Crippen LogP contribution < -0.4 is 5.32 Å². The van der Waals surface area contributed by atoms with E-state index in [1.54, 1.807) is 12.0 Å². The SMILES string of the molecule is CC(=O)N[C@H]1CC[C@@]2(C)C(CC[C@]3(C)[C@@H]2C(=O)C=C2[C@@H]4C[C@@](C)(C(=O)N(OC5CC5)C5CC5)CC[C@]4(C)CC[C@]23C)C1(C)C. The molecule has 0 heterocycles. The van der Waals surface area contributed by atoms with Gasteiger partial charge in [0, 0.05) is 24.3 Å². The number of hydrogen-bond acceptors (Lipinski definition) is 4. The lowest BCUT2D eigenvalue weighted by molar-refractivity contribution is -0.210. The van der Waals surface area contributed by atoms with Gasteiger partial charge in [-0.1, -0.05) is 54.0 Å². The van der Waals surface area contributed by atoms with E-state index in [2.05, 4.69) is 59.9 Å². The molecule has 244 valence electrons. The summed E-state index contributed by atoms with van der Waals surface area (Å²) in [6.45, 7) is 18.3. The quantitative estimate of drug-likeness (QED) is 0.328. The lowest BCUT2D eigenvalue weighted by Crippen LogP contribution is -2.67. The number of hydrogen-bond donors (Lipinski definition) is 1. The third-order valence-electron chi connectivity index (χ3n) is 15.4. The summed E-state index contributed by atoms with van der Waals surface area (Å²) in [4.78, 5) is 47.4. The van der Waals surface area contributed by atoms with Crippen molar-refractivity contribution in [2.75, 3.05) is 0 Å². The first-order chi connectivity index (χ1) is 20.5. The van der Waals surface area contributed by atoms with Gasteiger partial charge in [-0.3, -0.25) is 19.2 Å². The van der Waals surface area contributed by atoms with Crippen molar-refractivity contribution in [1.82, 2.24) is 10.4 Å². The Morgan fingerprint density at radius 2 is 1.55 bits per heavy atom. The molecule has 6 heteroatoms. The number of amides is 2. The highest BCUT2D eigenvalue weighted by Crippen LogP contribution is 2.75. The summed E-state index contributed by atoms with van der Waals surface area (Å²) in [5.41, 5.74) is 0.666. The highest BCUT2D eigenvalue weighted by atomic mass is 16.7. The van der Waals surface area contributed by atoms with Crippen molar-refractivity contribution in [2.45, 2.75) is 157 Å². The molecule has 0 bridgehead atoms. The van der Waals surface area contributed by atoms with Crippen LogP contribution in [0.4, 0.5) is 0 Å². The number of hydroxylamine groups is 2. The van der Waals surface area contributed by atoms with Crippen LogP contribution >= 0.6 is 0 Å². The molecule has 0 aliphatic heterocycles. The molecule has 0 saturated heterocycles. The third kappa shape index (κ3) is 4.30. The summed E-state index contributed by atoms with van der Waals surface area (Å²) >= 11 is 0. The molecule has 0 aromatic heterocycles. The summed E-state index contributed by atoms with van der Waals surface area (Å²) in [5, 5.41) is 5.08. The van der Waals surface area contributed by atoms with Crippen molar-refractivity contribution >= 4 is 17.6 Å². The first-order valence-electron chi connectivity index (χ1n) is 18.0. The zero-order chi connectivity index (χ0) is 31.7. The molecule has 0 radical (unpaired) electrons. The molecule has 2 amide bonds. The van der Waals surface area contributed by atoms with Gasteiger partial charge in [0.05, 0.1) is 12.1 Å². The monoisotopic (exact) mass is 606 g/mol. The van der Waals surface area contributed by atoms with E-state index in [0.29, 0.717) is 11.7 Å². The van der Waals surface area contributed by atoms with Crippen LogP contribution in [-0.2, 0) is 19.2 Å². The summed E-state index contributed by atoms with van der Waals surface area (Å²) in [7, 11) is 0. The summed E-state index contributed by atoms with van der Waals surface area (Å²) in [6.07, 6.45) is 15.6. The molecular weight excluding hydrogens is 548 g/mol. The van der Waals surface area contributed by atoms with Gasteiger partial charge in [-0.15, -0.1) is 0 Å². The molecule has 44 heavy (non-hydrogen) atoms. The summed E-state index contributed by atoms with van der Waals surface area (Å²) in [6, 6.07) is 0.399. The van der Waals surface area contributed by atoms with Crippen molar-refractivity contribution in [3.05, 3.63) is 11.6 Å². The van der Waals surface area contributed by atoms with Gasteiger partial charge < -0.3 is 5.32 Å². The molecule has 7 rings (SSSR count). The second kappa shape index (κ2) is 9.67. The number of carbonyl (C=O) groups is 3. The second-order valence-electron chi connectivity index (χ2n) is 18.5. The molecule has 7 aliphatic carbocycles. The Hall–Kier alpha value is -1.69. The fourth-order valence-corrected chi connectivity index (χ4v) is 12.1. The Morgan fingerprint density at radius 1 is 0.864 bits per heavy atom. The van der Waals surface area contributed by atoms with Gasteiger partial charge in [0.15, 0.2) is 5.78 Å². The molecule has 0 aromatic rings. The lowest BCUT2D eigenvalue weighted by Gasteiger charge is -2.70. The minimum atomic E-state index is -0.461. The smallest absolute Gasteiger partial charge is 0.252 e. The number of rotatable bonds is 5. The van der Waals surface area contributed by atoms with Gasteiger partial charge in [0.2, 0.25) is 5.91 Å². The van der Waals surface area contributed by atoms with Gasteiger partial charge in [-0.25, -0.2) is 5.06 Å². The Kier molecular flexibility index (Phi) is 6.80. The maximum Gasteiger partial charge on any atom is 0.252 e. The predicted molar refractivity (Wildman–Crippen MR) is 171 cm³/mol. The Bertz CT molecular complexity index is 1300. The maximum atomic E-state index is 14.7. The first-order valence-corrected chi connectivity index (χ1v) is 18.0. The van der Waals surface area contributed by atoms with Crippen LogP contribution in [0.25, 0.3) is 0 Å². The molecule has 1 unspecified atom stereocenters. The highest BCUT2D eigenvalue weighted by molar-refractivity contribution is 5.96. The molecule has 1 N–H and O–H groups in total. The number of allylic oxidation sites excluding steroid dienone is 2. The second-order valence-corrected chi connectivity index (χ2v) is 18.5. The van der Waals surface area contributed by atoms with E-state index in [1.807, 2.05) is 0 Å². The number of fused-ring (bicyclic) bond motifs is 7. The van der Waals surface area contributed by atoms with Gasteiger partial charge >= 0.3 is 0 Å². The molecule has 9 atom stereocenters. The van der Waals surface area contributed by atoms with Crippen molar-refractivity contribution < 1.29 is 19.2 Å². The zero-order valence-corrected chi connectivity index (χ0v) is 28.8. The van der Waals surface area contributed by atoms with E-state index in [9.17, 15) is 14.4 Å². The fraction of sp³-hybridized carbons (Fsp3) is 0.868. The fourth-order valence-electron chi connectivity index (χ4n) is 12.1. The van der Waals surface area contributed by atoms with E-state index in [-0.39, 0.29) is 68.9 Å². The first kappa shape index (κ1) is 30.9. The Balaban J connectivity index is 1.23. The van der Waals surface area contributed by atoms with Crippen molar-refractivity contribution in [2.24, 2.45) is 50.2 Å². The van der Waals surface area contributed by atoms with E-state index in [4.69, 9.17) is 4.84 Å². The van der Waals surface area contributed by atoms with E-state index >= 15 is 0 Å². The average molecular weight is 607 g/mol. The van der Waals surface area contributed by atoms with Gasteiger partial charge in [0.25, 0.3) is 5.91 Å². The van der Waals surface area contributed by atoms with Gasteiger partial charge in [-0.2, -0.15) is 0 Å². The van der Waals surface area contributed by atoms with Crippen LogP contribution in [0, 0.1) is 50.2 Å². The molecular formula is C38H58N2O4. The largest absolute Gasteiger partial charge is 0.353 e. The number of carbonyl (C=O) groups excluding carboxylic acids is 3. The normalized spacial score (nSPS) is 47.7. The van der Waals surface area contributed by atoms with E-state index in [0.717, 1.165) is 83.5 Å². The van der Waals surface area contributed by atoms with Gasteiger partial charge in [0.1, 0.15) is 0 Å². The molecule has 0 spiro atoms. The third-order valence-corrected chi connectivity index (χ3v) is 15.4. The molecule has 6 nitrogen and oxygen atoms in total. The van der Waals surface area contributed by atoms with Crippen LogP contribution in [0.2, 0.25) is 0 Å². The number of nitrogens with zero attached hydrogens (tertiary/aromatic N) is 1. The lowest BCUT2D eigenvalue weighted by atomic mass is 9.33. The Labute approximate surface area is 265 Å². The van der Waals surface area contributed by atoms with Crippen molar-refractivity contribution in [1.29, 1.82) is 0 Å². The average Bonchev–Trinajstić information content (AvgIpc) is 3.86. The van der Waals surface area contributed by atoms with Gasteiger partial charge in [-0.05, 0) is 128 Å².